The number of nitrogens with one attached hydrogen (secondary N) is 3. The Hall–Kier alpha value is -2.24. The van der Waals surface area contributed by atoms with Crippen LogP contribution in [0.15, 0.2) is 29.3 Å². The molecule has 0 unspecified atom stereocenters. The predicted molar refractivity (Wildman–Crippen MR) is 71.7 cm³/mol. The van der Waals surface area contributed by atoms with Gasteiger partial charge in [0.1, 0.15) is 0 Å². The Morgan fingerprint density at radius 3 is 2.50 bits per heavy atom. The highest BCUT2D eigenvalue weighted by molar-refractivity contribution is 5.84. The highest BCUT2D eigenvalue weighted by Gasteiger charge is 2.00. The van der Waals surface area contributed by atoms with Crippen LogP contribution in [0.4, 0.5) is 10.5 Å². The molecule has 3 N–H and O–H groups in total. The molecule has 1 aromatic carbocycles. The Bertz CT molecular complexity index is 415. The predicted octanol–water partition coefficient (Wildman–Crippen LogP) is 1.16. The molecule has 0 spiro atoms. The summed E-state index contributed by atoms with van der Waals surface area (Å²) in [7, 11) is 4.85. The van der Waals surface area contributed by atoms with Crippen LogP contribution >= 0.6 is 0 Å². The third-order valence-corrected chi connectivity index (χ3v) is 2.31. The molecule has 1 rings (SSSR count). The van der Waals surface area contributed by atoms with Gasteiger partial charge in [0.15, 0.2) is 5.96 Å². The number of rotatable bonds is 3. The van der Waals surface area contributed by atoms with Crippen molar-refractivity contribution >= 4 is 17.7 Å². The van der Waals surface area contributed by atoms with Crippen LogP contribution in [-0.4, -0.2) is 33.3 Å². The molecule has 98 valence electrons. The van der Waals surface area contributed by atoms with Crippen LogP contribution < -0.4 is 16.0 Å². The van der Waals surface area contributed by atoms with Gasteiger partial charge in [-0.2, -0.15) is 0 Å². The second kappa shape index (κ2) is 7.16. The molecule has 6 nitrogen and oxygen atoms in total. The van der Waals surface area contributed by atoms with E-state index < -0.39 is 6.09 Å². The molecule has 0 aromatic heterocycles. The Kier molecular flexibility index (Phi) is 5.50. The lowest BCUT2D eigenvalue weighted by atomic mass is 10.2. The summed E-state index contributed by atoms with van der Waals surface area (Å²) in [5.74, 6) is 0.728. The van der Waals surface area contributed by atoms with Crippen molar-refractivity contribution in [2.24, 2.45) is 4.99 Å². The van der Waals surface area contributed by atoms with Crippen molar-refractivity contribution in [3.63, 3.8) is 0 Å². The van der Waals surface area contributed by atoms with Crippen molar-refractivity contribution in [2.45, 2.75) is 6.54 Å². The Labute approximate surface area is 106 Å². The van der Waals surface area contributed by atoms with Gasteiger partial charge in [0, 0.05) is 26.3 Å². The van der Waals surface area contributed by atoms with Crippen LogP contribution in [0.2, 0.25) is 0 Å². The van der Waals surface area contributed by atoms with Crippen LogP contribution in [0.5, 0.6) is 0 Å². The van der Waals surface area contributed by atoms with E-state index in [-0.39, 0.29) is 0 Å². The maximum atomic E-state index is 11.0. The molecule has 0 aliphatic heterocycles. The highest BCUT2D eigenvalue weighted by atomic mass is 16.5. The second-order valence-corrected chi connectivity index (χ2v) is 3.49. The van der Waals surface area contributed by atoms with Crippen molar-refractivity contribution in [1.82, 2.24) is 10.6 Å². The molecule has 0 saturated heterocycles. The average molecular weight is 250 g/mol. The van der Waals surface area contributed by atoms with Gasteiger partial charge in [-0.25, -0.2) is 4.79 Å². The number of anilines is 1. The van der Waals surface area contributed by atoms with Gasteiger partial charge in [-0.1, -0.05) is 12.1 Å². The molecule has 0 fully saturated rings. The van der Waals surface area contributed by atoms with Gasteiger partial charge in [-0.05, 0) is 17.7 Å². The second-order valence-electron chi connectivity index (χ2n) is 3.49. The normalized spacial score (nSPS) is 10.7. The molecule has 6 heteroatoms. The van der Waals surface area contributed by atoms with Crippen molar-refractivity contribution in [3.05, 3.63) is 29.8 Å². The average Bonchev–Trinajstić information content (AvgIpc) is 2.41. The first-order chi connectivity index (χ1) is 8.69. The summed E-state index contributed by atoms with van der Waals surface area (Å²) in [5, 5.41) is 8.65. The van der Waals surface area contributed by atoms with Crippen molar-refractivity contribution in [2.75, 3.05) is 26.5 Å². The largest absolute Gasteiger partial charge is 0.453 e. The maximum absolute atomic E-state index is 11.0. The number of hydrogen-bond acceptors (Lipinski definition) is 3. The summed E-state index contributed by atoms with van der Waals surface area (Å²) in [5.41, 5.74) is 1.78. The molecular formula is C12H18N4O2. The minimum atomic E-state index is -0.475. The first-order valence-electron chi connectivity index (χ1n) is 5.52. The monoisotopic (exact) mass is 250 g/mol. The molecule has 1 aromatic rings. The quantitative estimate of drug-likeness (QED) is 0.556. The van der Waals surface area contributed by atoms with Crippen LogP contribution in [0.25, 0.3) is 0 Å². The number of amides is 1. The number of ether oxygens (including phenoxy) is 1. The van der Waals surface area contributed by atoms with Gasteiger partial charge in [0.2, 0.25) is 0 Å². The van der Waals surface area contributed by atoms with Crippen LogP contribution in [-0.2, 0) is 11.3 Å². The van der Waals surface area contributed by atoms with E-state index in [2.05, 4.69) is 25.7 Å². The summed E-state index contributed by atoms with van der Waals surface area (Å²) < 4.78 is 4.51. The Balaban J connectivity index is 2.52. The van der Waals surface area contributed by atoms with E-state index in [1.807, 2.05) is 24.3 Å². The maximum Gasteiger partial charge on any atom is 0.411 e. The minimum absolute atomic E-state index is 0.475. The third-order valence-electron chi connectivity index (χ3n) is 2.31. The number of aliphatic imine (C=N–C) groups is 1. The van der Waals surface area contributed by atoms with E-state index in [4.69, 9.17) is 0 Å². The summed E-state index contributed by atoms with van der Waals surface area (Å²) in [4.78, 5) is 15.0. The molecule has 0 radical (unpaired) electrons. The summed E-state index contributed by atoms with van der Waals surface area (Å²) in [6.45, 7) is 0.659. The van der Waals surface area contributed by atoms with E-state index in [9.17, 15) is 4.79 Å². The molecule has 0 bridgehead atoms. The van der Waals surface area contributed by atoms with Gasteiger partial charge in [0.05, 0.1) is 7.11 Å². The van der Waals surface area contributed by atoms with Gasteiger partial charge in [-0.3, -0.25) is 10.3 Å². The van der Waals surface area contributed by atoms with Crippen LogP contribution in [0.3, 0.4) is 0 Å². The fourth-order valence-electron chi connectivity index (χ4n) is 1.34. The minimum Gasteiger partial charge on any atom is -0.453 e. The van der Waals surface area contributed by atoms with E-state index in [1.54, 1.807) is 14.1 Å². The zero-order valence-corrected chi connectivity index (χ0v) is 10.8. The molecular weight excluding hydrogens is 232 g/mol. The van der Waals surface area contributed by atoms with Crippen LogP contribution in [0.1, 0.15) is 5.56 Å². The zero-order valence-electron chi connectivity index (χ0n) is 10.8. The molecule has 0 heterocycles. The number of nitrogens with zero attached hydrogens (tertiary/aromatic N) is 1. The number of guanidine groups is 1. The summed E-state index contributed by atoms with van der Waals surface area (Å²) >= 11 is 0. The van der Waals surface area contributed by atoms with Crippen molar-refractivity contribution in [1.29, 1.82) is 0 Å². The van der Waals surface area contributed by atoms with Gasteiger partial charge in [0.25, 0.3) is 0 Å². The first kappa shape index (κ1) is 13.8. The first-order valence-corrected chi connectivity index (χ1v) is 5.52. The number of benzene rings is 1. The van der Waals surface area contributed by atoms with E-state index in [0.717, 1.165) is 11.5 Å². The number of carbonyl (C=O) groups is 1. The van der Waals surface area contributed by atoms with Crippen molar-refractivity contribution < 1.29 is 9.53 Å². The summed E-state index contributed by atoms with van der Waals surface area (Å²) in [6, 6.07) is 7.47. The molecule has 0 saturated carbocycles. The van der Waals surface area contributed by atoms with Gasteiger partial charge >= 0.3 is 6.09 Å². The number of methoxy groups -OCH3 is 1. The van der Waals surface area contributed by atoms with Gasteiger partial charge in [-0.15, -0.1) is 0 Å². The number of hydrogen-bond donors (Lipinski definition) is 3. The third kappa shape index (κ3) is 4.32. The van der Waals surface area contributed by atoms with E-state index in [1.165, 1.54) is 7.11 Å². The standard InChI is InChI=1S/C12H18N4O2/c1-13-11(14-2)15-8-9-4-6-10(7-5-9)16-12(17)18-3/h4-7H,8H2,1-3H3,(H,16,17)(H2,13,14,15). The zero-order chi connectivity index (χ0) is 13.4. The van der Waals surface area contributed by atoms with E-state index in [0.29, 0.717) is 12.2 Å². The smallest absolute Gasteiger partial charge is 0.411 e. The molecule has 1 amide bonds. The molecule has 0 aliphatic rings. The molecule has 18 heavy (non-hydrogen) atoms. The van der Waals surface area contributed by atoms with Crippen LogP contribution in [0, 0.1) is 0 Å². The van der Waals surface area contributed by atoms with E-state index >= 15 is 0 Å². The summed E-state index contributed by atoms with van der Waals surface area (Å²) in [6.07, 6.45) is -0.475. The fraction of sp³-hybridized carbons (Fsp3) is 0.333. The fourth-order valence-corrected chi connectivity index (χ4v) is 1.34. The van der Waals surface area contributed by atoms with Gasteiger partial charge < -0.3 is 15.4 Å². The lowest BCUT2D eigenvalue weighted by molar-refractivity contribution is 0.187. The molecule has 0 aliphatic carbocycles. The Morgan fingerprint density at radius 2 is 2.00 bits per heavy atom. The van der Waals surface area contributed by atoms with Crippen molar-refractivity contribution in [3.8, 4) is 0 Å². The Morgan fingerprint density at radius 1 is 1.33 bits per heavy atom. The lowest BCUT2D eigenvalue weighted by Gasteiger charge is -2.09. The highest BCUT2D eigenvalue weighted by Crippen LogP contribution is 2.09. The topological polar surface area (TPSA) is 74.8 Å². The SMILES string of the molecule is CN=C(NC)NCc1ccc(NC(=O)OC)cc1. The number of carbonyl (C=O) groups excluding carboxylic acids is 1. The lowest BCUT2D eigenvalue weighted by Crippen LogP contribution is -2.34. The molecule has 0 atom stereocenters.